The van der Waals surface area contributed by atoms with Gasteiger partial charge in [-0.25, -0.2) is 4.79 Å². The maximum absolute atomic E-state index is 12.6. The first-order valence-corrected chi connectivity index (χ1v) is 10.1. The lowest BCUT2D eigenvalue weighted by atomic mass is 10.1. The molecule has 1 N–H and O–H groups in total. The Bertz CT molecular complexity index is 887. The van der Waals surface area contributed by atoms with Crippen LogP contribution in [0.3, 0.4) is 0 Å². The van der Waals surface area contributed by atoms with Crippen LogP contribution in [0.1, 0.15) is 46.4 Å². The van der Waals surface area contributed by atoms with Crippen molar-refractivity contribution >= 4 is 23.5 Å². The van der Waals surface area contributed by atoms with Gasteiger partial charge in [0.05, 0.1) is 18.4 Å². The van der Waals surface area contributed by atoms with Gasteiger partial charge in [-0.3, -0.25) is 9.59 Å². The number of anilines is 1. The maximum atomic E-state index is 12.6. The number of methoxy groups -OCH3 is 1. The van der Waals surface area contributed by atoms with E-state index < -0.39 is 5.97 Å². The molecule has 0 bridgehead atoms. The zero-order valence-corrected chi connectivity index (χ0v) is 17.1. The molecule has 7 nitrogen and oxygen atoms in total. The SMILES string of the molecule is COc1ccc(C(=O)Nc2ccccc2C(=O)OCC(=O)N2CCCCCC2)cc1. The molecule has 1 heterocycles. The quantitative estimate of drug-likeness (QED) is 0.737. The number of benzene rings is 2. The third-order valence-electron chi connectivity index (χ3n) is 5.03. The maximum Gasteiger partial charge on any atom is 0.340 e. The largest absolute Gasteiger partial charge is 0.497 e. The van der Waals surface area contributed by atoms with Gasteiger partial charge in [0, 0.05) is 18.7 Å². The van der Waals surface area contributed by atoms with E-state index in [0.717, 1.165) is 25.7 Å². The molecule has 0 atom stereocenters. The van der Waals surface area contributed by atoms with E-state index in [1.54, 1.807) is 60.5 Å². The summed E-state index contributed by atoms with van der Waals surface area (Å²) in [7, 11) is 1.55. The Morgan fingerprint density at radius 3 is 2.27 bits per heavy atom. The van der Waals surface area contributed by atoms with Crippen LogP contribution in [0.5, 0.6) is 5.75 Å². The predicted octanol–water partition coefficient (Wildman–Crippen LogP) is 3.51. The zero-order chi connectivity index (χ0) is 21.3. The van der Waals surface area contributed by atoms with E-state index in [1.807, 2.05) is 0 Å². The number of esters is 1. The molecule has 3 rings (SSSR count). The summed E-state index contributed by atoms with van der Waals surface area (Å²) < 4.78 is 10.3. The number of likely N-dealkylation sites (tertiary alicyclic amines) is 1. The molecule has 0 spiro atoms. The third kappa shape index (κ3) is 5.59. The summed E-state index contributed by atoms with van der Waals surface area (Å²) in [5.41, 5.74) is 0.948. The molecule has 1 saturated heterocycles. The second-order valence-corrected chi connectivity index (χ2v) is 7.10. The highest BCUT2D eigenvalue weighted by atomic mass is 16.5. The normalized spacial score (nSPS) is 13.8. The molecule has 158 valence electrons. The lowest BCUT2D eigenvalue weighted by Gasteiger charge is -2.20. The number of amides is 2. The van der Waals surface area contributed by atoms with Crippen LogP contribution in [-0.4, -0.2) is 49.5 Å². The summed E-state index contributed by atoms with van der Waals surface area (Å²) in [6.07, 6.45) is 4.18. The highest BCUT2D eigenvalue weighted by Gasteiger charge is 2.20. The minimum absolute atomic E-state index is 0.190. The fourth-order valence-corrected chi connectivity index (χ4v) is 3.32. The van der Waals surface area contributed by atoms with Crippen molar-refractivity contribution in [3.8, 4) is 5.75 Å². The summed E-state index contributed by atoms with van der Waals surface area (Å²) >= 11 is 0. The van der Waals surface area contributed by atoms with Crippen molar-refractivity contribution in [3.05, 3.63) is 59.7 Å². The summed E-state index contributed by atoms with van der Waals surface area (Å²) in [6.45, 7) is 1.09. The lowest BCUT2D eigenvalue weighted by Crippen LogP contribution is -2.35. The Morgan fingerprint density at radius 1 is 0.933 bits per heavy atom. The number of nitrogens with zero attached hydrogens (tertiary/aromatic N) is 1. The summed E-state index contributed by atoms with van der Waals surface area (Å²) in [5.74, 6) is -0.558. The molecule has 0 unspecified atom stereocenters. The van der Waals surface area contributed by atoms with E-state index in [9.17, 15) is 14.4 Å². The standard InChI is InChI=1S/C23H26N2O5/c1-29-18-12-10-17(11-13-18)22(27)24-20-9-5-4-8-19(20)23(28)30-16-21(26)25-14-6-2-3-7-15-25/h4-5,8-13H,2-3,6-7,14-16H2,1H3,(H,24,27). The third-order valence-corrected chi connectivity index (χ3v) is 5.03. The molecule has 2 aromatic rings. The van der Waals surface area contributed by atoms with Crippen molar-refractivity contribution in [2.24, 2.45) is 0 Å². The van der Waals surface area contributed by atoms with Crippen LogP contribution in [0.4, 0.5) is 5.69 Å². The van der Waals surface area contributed by atoms with Gasteiger partial charge < -0.3 is 19.7 Å². The first-order chi connectivity index (χ1) is 14.6. The fraction of sp³-hybridized carbons (Fsp3) is 0.348. The van der Waals surface area contributed by atoms with Crippen molar-refractivity contribution in [3.63, 3.8) is 0 Å². The van der Waals surface area contributed by atoms with Gasteiger partial charge in [-0.15, -0.1) is 0 Å². The van der Waals surface area contributed by atoms with E-state index >= 15 is 0 Å². The molecular formula is C23H26N2O5. The van der Waals surface area contributed by atoms with Crippen molar-refractivity contribution in [2.75, 3.05) is 32.1 Å². The number of carbonyl (C=O) groups excluding carboxylic acids is 3. The molecule has 30 heavy (non-hydrogen) atoms. The van der Waals surface area contributed by atoms with Crippen LogP contribution in [-0.2, 0) is 9.53 Å². The number of para-hydroxylation sites is 1. The molecular weight excluding hydrogens is 384 g/mol. The van der Waals surface area contributed by atoms with Crippen molar-refractivity contribution < 1.29 is 23.9 Å². The molecule has 0 radical (unpaired) electrons. The van der Waals surface area contributed by atoms with Crippen molar-refractivity contribution in [2.45, 2.75) is 25.7 Å². The van der Waals surface area contributed by atoms with Crippen LogP contribution in [0, 0.1) is 0 Å². The Morgan fingerprint density at radius 2 is 1.60 bits per heavy atom. The second-order valence-electron chi connectivity index (χ2n) is 7.10. The van der Waals surface area contributed by atoms with E-state index in [2.05, 4.69) is 5.32 Å². The van der Waals surface area contributed by atoms with Gasteiger partial charge in [-0.2, -0.15) is 0 Å². The van der Waals surface area contributed by atoms with Crippen LogP contribution >= 0.6 is 0 Å². The van der Waals surface area contributed by atoms with Crippen LogP contribution in [0.15, 0.2) is 48.5 Å². The molecule has 2 aromatic carbocycles. The second kappa shape index (κ2) is 10.4. The number of carbonyl (C=O) groups is 3. The van der Waals surface area contributed by atoms with Crippen LogP contribution in [0.25, 0.3) is 0 Å². The average molecular weight is 410 g/mol. The first kappa shape index (κ1) is 21.4. The minimum atomic E-state index is -0.649. The highest BCUT2D eigenvalue weighted by Crippen LogP contribution is 2.19. The molecule has 0 aromatic heterocycles. The number of nitrogens with one attached hydrogen (secondary N) is 1. The predicted molar refractivity (Wildman–Crippen MR) is 113 cm³/mol. The van der Waals surface area contributed by atoms with Gasteiger partial charge in [0.15, 0.2) is 6.61 Å². The van der Waals surface area contributed by atoms with E-state index in [0.29, 0.717) is 30.1 Å². The van der Waals surface area contributed by atoms with Gasteiger partial charge in [-0.1, -0.05) is 25.0 Å². The average Bonchev–Trinajstić information content (AvgIpc) is 3.07. The summed E-state index contributed by atoms with van der Waals surface area (Å²) in [4.78, 5) is 39.2. The molecule has 7 heteroatoms. The smallest absolute Gasteiger partial charge is 0.340 e. The van der Waals surface area contributed by atoms with Crippen molar-refractivity contribution in [1.29, 1.82) is 0 Å². The van der Waals surface area contributed by atoms with Gasteiger partial charge >= 0.3 is 5.97 Å². The Kier molecular flexibility index (Phi) is 7.43. The van der Waals surface area contributed by atoms with E-state index in [1.165, 1.54) is 0 Å². The molecule has 0 aliphatic carbocycles. The van der Waals surface area contributed by atoms with Gasteiger partial charge in [0.25, 0.3) is 11.8 Å². The molecule has 1 aliphatic rings. The number of hydrogen-bond acceptors (Lipinski definition) is 5. The van der Waals surface area contributed by atoms with Crippen molar-refractivity contribution in [1.82, 2.24) is 4.90 Å². The highest BCUT2D eigenvalue weighted by molar-refractivity contribution is 6.08. The summed E-state index contributed by atoms with van der Waals surface area (Å²) in [6, 6.07) is 13.2. The van der Waals surface area contributed by atoms with Gasteiger partial charge in [0.2, 0.25) is 0 Å². The Labute approximate surface area is 176 Å². The Hall–Kier alpha value is -3.35. The topological polar surface area (TPSA) is 84.9 Å². The lowest BCUT2D eigenvalue weighted by molar-refractivity contribution is -0.134. The summed E-state index contributed by atoms with van der Waals surface area (Å²) in [5, 5.41) is 2.73. The molecule has 1 aliphatic heterocycles. The monoisotopic (exact) mass is 410 g/mol. The zero-order valence-electron chi connectivity index (χ0n) is 17.1. The van der Waals surface area contributed by atoms with Crippen LogP contribution in [0.2, 0.25) is 0 Å². The number of hydrogen-bond donors (Lipinski definition) is 1. The number of rotatable bonds is 6. The number of ether oxygens (including phenoxy) is 2. The van der Waals surface area contributed by atoms with E-state index in [-0.39, 0.29) is 24.0 Å². The molecule has 0 saturated carbocycles. The minimum Gasteiger partial charge on any atom is -0.497 e. The fourth-order valence-electron chi connectivity index (χ4n) is 3.32. The first-order valence-electron chi connectivity index (χ1n) is 10.1. The molecule has 2 amide bonds. The van der Waals surface area contributed by atoms with Gasteiger partial charge in [0.1, 0.15) is 5.75 Å². The Balaban J connectivity index is 1.62. The van der Waals surface area contributed by atoms with Crippen LogP contribution < -0.4 is 10.1 Å². The van der Waals surface area contributed by atoms with E-state index in [4.69, 9.17) is 9.47 Å². The molecule has 1 fully saturated rings. The van der Waals surface area contributed by atoms with Gasteiger partial charge in [-0.05, 0) is 49.2 Å².